The third-order valence-corrected chi connectivity index (χ3v) is 5.63. The average Bonchev–Trinajstić information content (AvgIpc) is 2.71. The van der Waals surface area contributed by atoms with Crippen molar-refractivity contribution in [2.45, 2.75) is 44.8 Å². The highest BCUT2D eigenvalue weighted by atomic mass is 127. The van der Waals surface area contributed by atoms with Gasteiger partial charge < -0.3 is 20.6 Å². The van der Waals surface area contributed by atoms with Crippen LogP contribution in [0.5, 0.6) is 0 Å². The van der Waals surface area contributed by atoms with Crippen LogP contribution in [0.2, 0.25) is 0 Å². The normalized spacial score (nSPS) is 23.4. The van der Waals surface area contributed by atoms with Gasteiger partial charge in [-0.3, -0.25) is 9.89 Å². The average molecular weight is 519 g/mol. The van der Waals surface area contributed by atoms with Crippen LogP contribution in [-0.2, 0) is 0 Å². The molecule has 0 bridgehead atoms. The van der Waals surface area contributed by atoms with Crippen molar-refractivity contribution in [3.63, 3.8) is 0 Å². The molecule has 1 saturated carbocycles. The van der Waals surface area contributed by atoms with E-state index in [1.807, 2.05) is 12.1 Å². The molecule has 164 valence electrons. The Morgan fingerprint density at radius 2 is 1.76 bits per heavy atom. The summed E-state index contributed by atoms with van der Waals surface area (Å²) in [4.78, 5) is 9.49. The lowest BCUT2D eigenvalue weighted by molar-refractivity contribution is 0.120. The zero-order valence-electron chi connectivity index (χ0n) is 17.3. The maximum atomic E-state index is 13.1. The molecule has 1 aromatic carbocycles. The second-order valence-corrected chi connectivity index (χ2v) is 7.72. The van der Waals surface area contributed by atoms with Crippen LogP contribution in [0.3, 0.4) is 0 Å². The number of aliphatic imine (C=N–C) groups is 1. The van der Waals surface area contributed by atoms with E-state index in [0.29, 0.717) is 6.04 Å². The number of halogens is 2. The lowest BCUT2D eigenvalue weighted by Gasteiger charge is -2.36. The molecule has 2 aliphatic rings. The maximum Gasteiger partial charge on any atom is 0.191 e. The zero-order valence-corrected chi connectivity index (χ0v) is 19.6. The molecular formula is C21H35FIN5O. The number of guanidine groups is 1. The first-order chi connectivity index (χ1) is 13.6. The summed E-state index contributed by atoms with van der Waals surface area (Å²) < 4.78 is 13.1. The van der Waals surface area contributed by atoms with E-state index in [0.717, 1.165) is 83.1 Å². The van der Waals surface area contributed by atoms with E-state index in [9.17, 15) is 9.50 Å². The van der Waals surface area contributed by atoms with Crippen LogP contribution >= 0.6 is 24.0 Å². The van der Waals surface area contributed by atoms with E-state index >= 15 is 0 Å². The fraction of sp³-hybridized carbons (Fsp3) is 0.667. The van der Waals surface area contributed by atoms with Crippen molar-refractivity contribution in [3.8, 4) is 0 Å². The van der Waals surface area contributed by atoms with Gasteiger partial charge in [-0.1, -0.05) is 0 Å². The van der Waals surface area contributed by atoms with Gasteiger partial charge in [0, 0.05) is 51.0 Å². The van der Waals surface area contributed by atoms with Gasteiger partial charge in [-0.25, -0.2) is 4.39 Å². The Kier molecular flexibility index (Phi) is 10.4. The Hall–Kier alpha value is -1.13. The van der Waals surface area contributed by atoms with Gasteiger partial charge in [-0.05, 0) is 56.9 Å². The monoisotopic (exact) mass is 519 g/mol. The van der Waals surface area contributed by atoms with Crippen LogP contribution in [0.1, 0.15) is 32.6 Å². The first kappa shape index (κ1) is 24.1. The van der Waals surface area contributed by atoms with Crippen molar-refractivity contribution >= 4 is 35.6 Å². The number of nitrogens with zero attached hydrogens (tertiary/aromatic N) is 3. The van der Waals surface area contributed by atoms with Gasteiger partial charge in [0.1, 0.15) is 5.82 Å². The molecule has 1 aliphatic heterocycles. The molecule has 0 aromatic heterocycles. The Morgan fingerprint density at radius 1 is 1.10 bits per heavy atom. The Balaban J connectivity index is 0.00000300. The summed E-state index contributed by atoms with van der Waals surface area (Å²) in [5.41, 5.74) is 1.09. The van der Waals surface area contributed by atoms with E-state index in [4.69, 9.17) is 4.99 Å². The molecule has 29 heavy (non-hydrogen) atoms. The predicted molar refractivity (Wildman–Crippen MR) is 128 cm³/mol. The summed E-state index contributed by atoms with van der Waals surface area (Å²) in [5, 5.41) is 16.5. The van der Waals surface area contributed by atoms with Crippen LogP contribution < -0.4 is 15.5 Å². The first-order valence-corrected chi connectivity index (χ1v) is 10.6. The summed E-state index contributed by atoms with van der Waals surface area (Å²) in [6, 6.07) is 7.17. The molecular weight excluding hydrogens is 484 g/mol. The fourth-order valence-corrected chi connectivity index (χ4v) is 3.92. The van der Waals surface area contributed by atoms with Crippen LogP contribution in [-0.4, -0.2) is 73.9 Å². The second-order valence-electron chi connectivity index (χ2n) is 7.72. The SMILES string of the molecule is CCNC(=NCCN1CCN(c2ccc(F)cc2)CC1)NC1CCC(O)CC1.I. The first-order valence-electron chi connectivity index (χ1n) is 10.6. The number of anilines is 1. The zero-order chi connectivity index (χ0) is 19.8. The molecule has 1 aliphatic carbocycles. The van der Waals surface area contributed by atoms with Crippen LogP contribution in [0.4, 0.5) is 10.1 Å². The lowest BCUT2D eigenvalue weighted by atomic mass is 9.93. The Morgan fingerprint density at radius 3 is 2.38 bits per heavy atom. The molecule has 0 radical (unpaired) electrons. The van der Waals surface area contributed by atoms with Crippen molar-refractivity contribution in [1.82, 2.24) is 15.5 Å². The molecule has 0 atom stereocenters. The van der Waals surface area contributed by atoms with E-state index in [1.54, 1.807) is 0 Å². The fourth-order valence-electron chi connectivity index (χ4n) is 3.92. The van der Waals surface area contributed by atoms with Crippen molar-refractivity contribution in [1.29, 1.82) is 0 Å². The van der Waals surface area contributed by atoms with Gasteiger partial charge in [-0.15, -0.1) is 24.0 Å². The molecule has 6 nitrogen and oxygen atoms in total. The molecule has 0 amide bonds. The third-order valence-electron chi connectivity index (χ3n) is 5.63. The largest absolute Gasteiger partial charge is 0.393 e. The number of rotatable bonds is 6. The van der Waals surface area contributed by atoms with Crippen LogP contribution in [0.15, 0.2) is 29.3 Å². The number of piperazine rings is 1. The molecule has 8 heteroatoms. The predicted octanol–water partition coefficient (Wildman–Crippen LogP) is 2.42. The van der Waals surface area contributed by atoms with Crippen molar-refractivity contribution in [2.75, 3.05) is 50.7 Å². The van der Waals surface area contributed by atoms with E-state index < -0.39 is 0 Å². The highest BCUT2D eigenvalue weighted by Gasteiger charge is 2.20. The number of aliphatic hydroxyl groups is 1. The van der Waals surface area contributed by atoms with Crippen molar-refractivity contribution < 1.29 is 9.50 Å². The van der Waals surface area contributed by atoms with Crippen molar-refractivity contribution in [2.24, 2.45) is 4.99 Å². The van der Waals surface area contributed by atoms with E-state index in [1.165, 1.54) is 12.1 Å². The van der Waals surface area contributed by atoms with Gasteiger partial charge in [0.2, 0.25) is 0 Å². The molecule has 1 aromatic rings. The van der Waals surface area contributed by atoms with Gasteiger partial charge in [0.05, 0.1) is 12.6 Å². The topological polar surface area (TPSA) is 63.1 Å². The summed E-state index contributed by atoms with van der Waals surface area (Å²) in [6.07, 6.45) is 3.60. The van der Waals surface area contributed by atoms with Crippen LogP contribution in [0.25, 0.3) is 0 Å². The standard InChI is InChI=1S/C21H34FN5O.HI/c1-2-23-21(25-18-5-9-20(28)10-6-18)24-11-12-26-13-15-27(16-14-26)19-7-3-17(22)4-8-19;/h3-4,7-8,18,20,28H,2,5-6,9-16H2,1H3,(H2,23,24,25);1H. The van der Waals surface area contributed by atoms with Crippen LogP contribution in [0, 0.1) is 5.82 Å². The number of nitrogens with one attached hydrogen (secondary N) is 2. The Bertz CT molecular complexity index is 614. The molecule has 3 rings (SSSR count). The van der Waals surface area contributed by atoms with Gasteiger partial charge in [0.25, 0.3) is 0 Å². The number of aliphatic hydroxyl groups excluding tert-OH is 1. The van der Waals surface area contributed by atoms with E-state index in [-0.39, 0.29) is 35.9 Å². The summed E-state index contributed by atoms with van der Waals surface area (Å²) >= 11 is 0. The maximum absolute atomic E-state index is 13.1. The Labute approximate surface area is 191 Å². The van der Waals surface area contributed by atoms with Gasteiger partial charge in [-0.2, -0.15) is 0 Å². The molecule has 1 saturated heterocycles. The summed E-state index contributed by atoms with van der Waals surface area (Å²) in [7, 11) is 0. The molecule has 3 N–H and O–H groups in total. The smallest absolute Gasteiger partial charge is 0.191 e. The second kappa shape index (κ2) is 12.5. The highest BCUT2D eigenvalue weighted by molar-refractivity contribution is 14.0. The molecule has 0 unspecified atom stereocenters. The van der Waals surface area contributed by atoms with Gasteiger partial charge >= 0.3 is 0 Å². The molecule has 0 spiro atoms. The minimum atomic E-state index is -0.185. The third kappa shape index (κ3) is 7.90. The number of benzene rings is 1. The minimum Gasteiger partial charge on any atom is -0.393 e. The molecule has 2 fully saturated rings. The highest BCUT2D eigenvalue weighted by Crippen LogP contribution is 2.18. The van der Waals surface area contributed by atoms with E-state index in [2.05, 4.69) is 27.4 Å². The van der Waals surface area contributed by atoms with Crippen molar-refractivity contribution in [3.05, 3.63) is 30.1 Å². The van der Waals surface area contributed by atoms with Gasteiger partial charge in [0.15, 0.2) is 5.96 Å². The molecule has 1 heterocycles. The quantitative estimate of drug-likeness (QED) is 0.306. The summed E-state index contributed by atoms with van der Waals surface area (Å²) in [6.45, 7) is 8.54. The lowest BCUT2D eigenvalue weighted by Crippen LogP contribution is -2.48. The minimum absolute atomic E-state index is 0. The summed E-state index contributed by atoms with van der Waals surface area (Å²) in [5.74, 6) is 0.698. The number of hydrogen-bond acceptors (Lipinski definition) is 4. The number of hydrogen-bond donors (Lipinski definition) is 3.